The lowest BCUT2D eigenvalue weighted by Crippen LogP contribution is -2.21. The molecule has 0 saturated heterocycles. The second-order valence-electron chi connectivity index (χ2n) is 3.42. The zero-order valence-electron chi connectivity index (χ0n) is 7.79. The average molecular weight is 196 g/mol. The zero-order chi connectivity index (χ0) is 10.1. The number of nitrogens with two attached hydrogens (primary N) is 2. The molecule has 1 heterocycles. The highest BCUT2D eigenvalue weighted by atomic mass is 19.1. The molecule has 0 aliphatic carbocycles. The van der Waals surface area contributed by atoms with Gasteiger partial charge in [0.05, 0.1) is 6.61 Å². The average Bonchev–Trinajstić information content (AvgIpc) is 2.62. The van der Waals surface area contributed by atoms with Gasteiger partial charge in [0, 0.05) is 30.1 Å². The van der Waals surface area contributed by atoms with Crippen LogP contribution < -0.4 is 16.2 Å². The van der Waals surface area contributed by atoms with Crippen molar-refractivity contribution in [2.45, 2.75) is 12.5 Å². The molecule has 0 radical (unpaired) electrons. The van der Waals surface area contributed by atoms with Crippen LogP contribution in [0.15, 0.2) is 12.1 Å². The fraction of sp³-hybridized carbons (Fsp3) is 0.400. The highest BCUT2D eigenvalue weighted by Gasteiger charge is 2.20. The van der Waals surface area contributed by atoms with E-state index >= 15 is 0 Å². The van der Waals surface area contributed by atoms with Crippen molar-refractivity contribution in [3.63, 3.8) is 0 Å². The molecule has 0 saturated carbocycles. The molecule has 1 aliphatic rings. The van der Waals surface area contributed by atoms with Gasteiger partial charge in [0.2, 0.25) is 0 Å². The van der Waals surface area contributed by atoms with Gasteiger partial charge in [0.15, 0.2) is 0 Å². The second kappa shape index (κ2) is 3.55. The lowest BCUT2D eigenvalue weighted by Gasteiger charge is -2.13. The molecule has 1 aromatic rings. The Hall–Kier alpha value is -1.13. The number of hydrogen-bond donors (Lipinski definition) is 2. The Bertz CT molecular complexity index is 354. The van der Waals surface area contributed by atoms with Crippen molar-refractivity contribution in [1.82, 2.24) is 0 Å². The van der Waals surface area contributed by atoms with Crippen LogP contribution in [0, 0.1) is 5.82 Å². The first-order valence-electron chi connectivity index (χ1n) is 4.63. The van der Waals surface area contributed by atoms with Gasteiger partial charge in [-0.3, -0.25) is 0 Å². The number of halogens is 1. The number of rotatable bonds is 2. The summed E-state index contributed by atoms with van der Waals surface area (Å²) in [5.74, 6) is 0.456. The molecule has 0 aromatic heterocycles. The fourth-order valence-electron chi connectivity index (χ4n) is 1.70. The van der Waals surface area contributed by atoms with Crippen molar-refractivity contribution < 1.29 is 9.13 Å². The van der Waals surface area contributed by atoms with Gasteiger partial charge in [-0.15, -0.1) is 0 Å². The van der Waals surface area contributed by atoms with Crippen LogP contribution in [0.1, 0.15) is 17.2 Å². The highest BCUT2D eigenvalue weighted by Crippen LogP contribution is 2.33. The molecular formula is C10H13FN2O. The van der Waals surface area contributed by atoms with E-state index in [1.807, 2.05) is 0 Å². The van der Waals surface area contributed by atoms with Crippen LogP contribution >= 0.6 is 0 Å². The minimum absolute atomic E-state index is 0.270. The normalized spacial score (nSPS) is 16.2. The van der Waals surface area contributed by atoms with E-state index in [1.54, 1.807) is 0 Å². The summed E-state index contributed by atoms with van der Waals surface area (Å²) in [6, 6.07) is 2.55. The van der Waals surface area contributed by atoms with Crippen molar-refractivity contribution in [2.24, 2.45) is 11.5 Å². The molecule has 1 unspecified atom stereocenters. The second-order valence-corrected chi connectivity index (χ2v) is 3.42. The molecular weight excluding hydrogens is 183 g/mol. The van der Waals surface area contributed by atoms with Gasteiger partial charge in [0.1, 0.15) is 11.6 Å². The van der Waals surface area contributed by atoms with Gasteiger partial charge in [-0.05, 0) is 12.1 Å². The summed E-state index contributed by atoms with van der Waals surface area (Å²) in [6.07, 6.45) is 0.747. The van der Waals surface area contributed by atoms with Gasteiger partial charge in [-0.2, -0.15) is 0 Å². The first-order valence-corrected chi connectivity index (χ1v) is 4.63. The topological polar surface area (TPSA) is 61.3 Å². The smallest absolute Gasteiger partial charge is 0.127 e. The van der Waals surface area contributed by atoms with E-state index in [-0.39, 0.29) is 11.9 Å². The molecule has 4 heteroatoms. The third-order valence-corrected chi connectivity index (χ3v) is 2.43. The molecule has 76 valence electrons. The number of fused-ring (bicyclic) bond motifs is 1. The van der Waals surface area contributed by atoms with Crippen LogP contribution in [0.25, 0.3) is 0 Å². The number of benzene rings is 1. The molecule has 4 N–H and O–H groups in total. The molecule has 3 nitrogen and oxygen atoms in total. The predicted molar refractivity (Wildman–Crippen MR) is 51.6 cm³/mol. The Labute approximate surface area is 81.8 Å². The third kappa shape index (κ3) is 1.47. The Morgan fingerprint density at radius 2 is 2.29 bits per heavy atom. The molecule has 0 fully saturated rings. The van der Waals surface area contributed by atoms with Gasteiger partial charge in [0.25, 0.3) is 0 Å². The first kappa shape index (κ1) is 9.43. The van der Waals surface area contributed by atoms with E-state index in [4.69, 9.17) is 16.2 Å². The van der Waals surface area contributed by atoms with Crippen LogP contribution in [0.4, 0.5) is 4.39 Å². The van der Waals surface area contributed by atoms with E-state index in [0.717, 1.165) is 17.7 Å². The summed E-state index contributed by atoms with van der Waals surface area (Å²) in [4.78, 5) is 0. The van der Waals surface area contributed by atoms with Crippen LogP contribution in [0.2, 0.25) is 0 Å². The van der Waals surface area contributed by atoms with Crippen molar-refractivity contribution >= 4 is 0 Å². The largest absolute Gasteiger partial charge is 0.493 e. The molecule has 1 aliphatic heterocycles. The molecule has 0 spiro atoms. The van der Waals surface area contributed by atoms with Crippen LogP contribution in [-0.4, -0.2) is 13.2 Å². The van der Waals surface area contributed by atoms with E-state index in [1.165, 1.54) is 12.1 Å². The predicted octanol–water partition coefficient (Wildman–Crippen LogP) is 0.719. The maximum absolute atomic E-state index is 13.2. The Kier molecular flexibility index (Phi) is 2.39. The quantitative estimate of drug-likeness (QED) is 0.732. The molecule has 0 bridgehead atoms. The van der Waals surface area contributed by atoms with Crippen molar-refractivity contribution in [3.05, 3.63) is 29.1 Å². The van der Waals surface area contributed by atoms with E-state index in [9.17, 15) is 4.39 Å². The van der Waals surface area contributed by atoms with Gasteiger partial charge in [-0.25, -0.2) is 4.39 Å². The Morgan fingerprint density at radius 3 is 3.00 bits per heavy atom. The lowest BCUT2D eigenvalue weighted by atomic mass is 10.0. The third-order valence-electron chi connectivity index (χ3n) is 2.43. The Balaban J connectivity index is 2.48. The zero-order valence-corrected chi connectivity index (χ0v) is 7.79. The maximum atomic E-state index is 13.2. The lowest BCUT2D eigenvalue weighted by molar-refractivity contribution is 0.351. The van der Waals surface area contributed by atoms with Crippen molar-refractivity contribution in [2.75, 3.05) is 13.2 Å². The number of ether oxygens (including phenoxy) is 1. The van der Waals surface area contributed by atoms with E-state index in [0.29, 0.717) is 18.7 Å². The highest BCUT2D eigenvalue weighted by molar-refractivity contribution is 5.46. The maximum Gasteiger partial charge on any atom is 0.127 e. The van der Waals surface area contributed by atoms with Crippen molar-refractivity contribution in [3.8, 4) is 5.75 Å². The van der Waals surface area contributed by atoms with Gasteiger partial charge < -0.3 is 16.2 Å². The minimum atomic E-state index is -0.349. The summed E-state index contributed by atoms with van der Waals surface area (Å²) in [6.45, 7) is 0.891. The van der Waals surface area contributed by atoms with Crippen LogP contribution in [-0.2, 0) is 6.42 Å². The van der Waals surface area contributed by atoms with Crippen molar-refractivity contribution in [1.29, 1.82) is 0 Å². The number of hydrogen-bond acceptors (Lipinski definition) is 3. The van der Waals surface area contributed by atoms with E-state index < -0.39 is 0 Å². The standard InChI is InChI=1S/C10H13FN2O/c11-7-3-6-1-2-14-10(6)8(4-7)9(13)5-12/h3-4,9H,1-2,5,12-13H2. The van der Waals surface area contributed by atoms with Gasteiger partial charge in [-0.1, -0.05) is 0 Å². The SMILES string of the molecule is NCC(N)c1cc(F)cc2c1OCC2. The fourth-order valence-corrected chi connectivity index (χ4v) is 1.70. The van der Waals surface area contributed by atoms with E-state index in [2.05, 4.69) is 0 Å². The Morgan fingerprint density at radius 1 is 1.50 bits per heavy atom. The molecule has 1 atom stereocenters. The molecule has 2 rings (SSSR count). The molecule has 0 amide bonds. The molecule has 14 heavy (non-hydrogen) atoms. The monoisotopic (exact) mass is 196 g/mol. The summed E-state index contributed by atoms with van der Waals surface area (Å²) < 4.78 is 18.6. The van der Waals surface area contributed by atoms with Gasteiger partial charge >= 0.3 is 0 Å². The summed E-state index contributed by atoms with van der Waals surface area (Å²) in [7, 11) is 0. The summed E-state index contributed by atoms with van der Waals surface area (Å²) >= 11 is 0. The summed E-state index contributed by atoms with van der Waals surface area (Å²) in [5, 5.41) is 0. The summed E-state index contributed by atoms with van der Waals surface area (Å²) in [5.41, 5.74) is 12.8. The first-order chi connectivity index (χ1) is 6.72. The van der Waals surface area contributed by atoms with Crippen LogP contribution in [0.3, 0.4) is 0 Å². The minimum Gasteiger partial charge on any atom is -0.493 e. The molecule has 1 aromatic carbocycles. The van der Waals surface area contributed by atoms with Crippen LogP contribution in [0.5, 0.6) is 5.75 Å².